The molecule has 0 saturated heterocycles. The Bertz CT molecular complexity index is 687. The van der Waals surface area contributed by atoms with Crippen LogP contribution in [0.5, 0.6) is 5.75 Å². The van der Waals surface area contributed by atoms with Gasteiger partial charge in [-0.15, -0.1) is 0 Å². The highest BCUT2D eigenvalue weighted by molar-refractivity contribution is 9.10. The number of nitrogens with zero attached hydrogens (tertiary/aromatic N) is 1. The molecule has 1 heterocycles. The predicted octanol–water partition coefficient (Wildman–Crippen LogP) is 3.33. The van der Waals surface area contributed by atoms with E-state index in [1.165, 1.54) is 0 Å². The van der Waals surface area contributed by atoms with Gasteiger partial charge in [0.15, 0.2) is 10.9 Å². The molecule has 2 aliphatic rings. The standard InChI is InChI=1S/C16H17BrN2O2S/c1-19-11-4-3-5-12(20)14(11)15(18-16(19)22)10-8-9(17)6-7-13(10)21-2/h6-8,15H,3-5H2,1-2H3,(H,18,22). The molecule has 4 nitrogen and oxygen atoms in total. The van der Waals surface area contributed by atoms with Crippen LogP contribution >= 0.6 is 28.1 Å². The number of methoxy groups -OCH3 is 1. The van der Waals surface area contributed by atoms with E-state index < -0.39 is 0 Å². The number of ether oxygens (including phenoxy) is 1. The van der Waals surface area contributed by atoms with Crippen LogP contribution in [0.1, 0.15) is 30.9 Å². The summed E-state index contributed by atoms with van der Waals surface area (Å²) in [6.45, 7) is 0. The Labute approximate surface area is 143 Å². The van der Waals surface area contributed by atoms with E-state index in [9.17, 15) is 4.79 Å². The molecule has 0 bridgehead atoms. The van der Waals surface area contributed by atoms with Gasteiger partial charge in [-0.2, -0.15) is 0 Å². The topological polar surface area (TPSA) is 41.6 Å². The van der Waals surface area contributed by atoms with E-state index in [0.29, 0.717) is 11.5 Å². The molecule has 1 aromatic rings. The second-order valence-corrected chi connectivity index (χ2v) is 6.77. The van der Waals surface area contributed by atoms with Gasteiger partial charge in [0.2, 0.25) is 0 Å². The molecular formula is C16H17BrN2O2S. The molecule has 1 aromatic carbocycles. The van der Waals surface area contributed by atoms with Crippen molar-refractivity contribution in [2.45, 2.75) is 25.3 Å². The molecule has 6 heteroatoms. The molecule has 1 aliphatic heterocycles. The Hall–Kier alpha value is -1.40. The Kier molecular flexibility index (Phi) is 4.23. The second-order valence-electron chi connectivity index (χ2n) is 5.46. The van der Waals surface area contributed by atoms with Crippen LogP contribution in [0.25, 0.3) is 0 Å². The highest BCUT2D eigenvalue weighted by atomic mass is 79.9. The van der Waals surface area contributed by atoms with Gasteiger partial charge >= 0.3 is 0 Å². The van der Waals surface area contributed by atoms with Gasteiger partial charge in [-0.3, -0.25) is 4.79 Å². The van der Waals surface area contributed by atoms with Crippen LogP contribution in [-0.2, 0) is 4.79 Å². The minimum Gasteiger partial charge on any atom is -0.496 e. The largest absolute Gasteiger partial charge is 0.496 e. The van der Waals surface area contributed by atoms with Gasteiger partial charge in [0.1, 0.15) is 5.75 Å². The maximum Gasteiger partial charge on any atom is 0.173 e. The summed E-state index contributed by atoms with van der Waals surface area (Å²) >= 11 is 8.94. The van der Waals surface area contributed by atoms with Crippen molar-refractivity contribution in [1.82, 2.24) is 10.2 Å². The maximum atomic E-state index is 12.5. The van der Waals surface area contributed by atoms with Gasteiger partial charge in [0, 0.05) is 34.8 Å². The van der Waals surface area contributed by atoms with Crippen LogP contribution < -0.4 is 10.1 Å². The van der Waals surface area contributed by atoms with Crippen LogP contribution in [0.4, 0.5) is 0 Å². The lowest BCUT2D eigenvalue weighted by Gasteiger charge is -2.39. The molecule has 1 unspecified atom stereocenters. The van der Waals surface area contributed by atoms with Crippen molar-refractivity contribution < 1.29 is 9.53 Å². The zero-order chi connectivity index (χ0) is 15.9. The van der Waals surface area contributed by atoms with E-state index in [1.54, 1.807) is 7.11 Å². The summed E-state index contributed by atoms with van der Waals surface area (Å²) in [6.07, 6.45) is 2.35. The van der Waals surface area contributed by atoms with Crippen molar-refractivity contribution in [1.29, 1.82) is 0 Å². The molecule has 1 N–H and O–H groups in total. The highest BCUT2D eigenvalue weighted by Gasteiger charge is 2.37. The third-order valence-corrected chi connectivity index (χ3v) is 5.08. The van der Waals surface area contributed by atoms with Gasteiger partial charge in [-0.1, -0.05) is 15.9 Å². The normalized spacial score (nSPS) is 21.6. The average Bonchev–Trinajstić information content (AvgIpc) is 2.51. The Morgan fingerprint density at radius 3 is 2.91 bits per heavy atom. The number of Topliss-reactive ketones (excluding diaryl/α,β-unsaturated/α-hetero) is 1. The van der Waals surface area contributed by atoms with E-state index in [-0.39, 0.29) is 11.8 Å². The molecule has 0 aromatic heterocycles. The number of carbonyl (C=O) groups excluding carboxylic acids is 1. The van der Waals surface area contributed by atoms with Crippen molar-refractivity contribution in [3.8, 4) is 5.75 Å². The highest BCUT2D eigenvalue weighted by Crippen LogP contribution is 2.40. The lowest BCUT2D eigenvalue weighted by Crippen LogP contribution is -2.47. The fraction of sp³-hybridized carbons (Fsp3) is 0.375. The van der Waals surface area contributed by atoms with E-state index in [4.69, 9.17) is 17.0 Å². The van der Waals surface area contributed by atoms with Gasteiger partial charge in [0.25, 0.3) is 0 Å². The summed E-state index contributed by atoms with van der Waals surface area (Å²) < 4.78 is 6.42. The Morgan fingerprint density at radius 1 is 1.41 bits per heavy atom. The number of ketones is 1. The summed E-state index contributed by atoms with van der Waals surface area (Å²) in [5, 5.41) is 3.93. The summed E-state index contributed by atoms with van der Waals surface area (Å²) in [7, 11) is 3.55. The number of thiocarbonyl (C=S) groups is 1. The Balaban J connectivity index is 2.17. The number of nitrogens with one attached hydrogen (secondary N) is 1. The molecule has 0 saturated carbocycles. The number of rotatable bonds is 2. The quantitative estimate of drug-likeness (QED) is 0.796. The molecule has 0 amide bonds. The van der Waals surface area contributed by atoms with Crippen LogP contribution in [-0.4, -0.2) is 30.0 Å². The molecule has 0 spiro atoms. The van der Waals surface area contributed by atoms with Crippen molar-refractivity contribution in [3.05, 3.63) is 39.5 Å². The van der Waals surface area contributed by atoms with E-state index in [2.05, 4.69) is 21.2 Å². The fourth-order valence-electron chi connectivity index (χ4n) is 3.10. The molecule has 0 fully saturated rings. The molecular weight excluding hydrogens is 364 g/mol. The van der Waals surface area contributed by atoms with E-state index >= 15 is 0 Å². The first-order valence-electron chi connectivity index (χ1n) is 7.17. The van der Waals surface area contributed by atoms with Crippen LogP contribution in [0.15, 0.2) is 33.9 Å². The zero-order valence-electron chi connectivity index (χ0n) is 12.5. The summed E-state index contributed by atoms with van der Waals surface area (Å²) in [5.74, 6) is 0.938. The Morgan fingerprint density at radius 2 is 2.18 bits per heavy atom. The lowest BCUT2D eigenvalue weighted by molar-refractivity contribution is -0.116. The van der Waals surface area contributed by atoms with Gasteiger partial charge in [-0.25, -0.2) is 0 Å². The molecule has 0 radical (unpaired) electrons. The first kappa shape index (κ1) is 15.5. The SMILES string of the molecule is COc1ccc(Br)cc1C1NC(=S)N(C)C2=C1C(=O)CCC2. The first-order valence-corrected chi connectivity index (χ1v) is 8.37. The molecule has 1 atom stereocenters. The molecule has 1 aliphatic carbocycles. The monoisotopic (exact) mass is 380 g/mol. The maximum absolute atomic E-state index is 12.5. The zero-order valence-corrected chi connectivity index (χ0v) is 14.9. The van der Waals surface area contributed by atoms with Gasteiger partial charge < -0.3 is 15.0 Å². The van der Waals surface area contributed by atoms with Crippen LogP contribution in [0.3, 0.4) is 0 Å². The van der Waals surface area contributed by atoms with E-state index in [0.717, 1.165) is 39.9 Å². The number of allylic oxidation sites excluding steroid dienone is 1. The average molecular weight is 381 g/mol. The fourth-order valence-corrected chi connectivity index (χ4v) is 3.71. The van der Waals surface area contributed by atoms with Crippen LogP contribution in [0, 0.1) is 0 Å². The minimum atomic E-state index is -0.251. The molecule has 116 valence electrons. The predicted molar refractivity (Wildman–Crippen MR) is 92.8 cm³/mol. The van der Waals surface area contributed by atoms with Crippen molar-refractivity contribution >= 4 is 39.0 Å². The summed E-state index contributed by atoms with van der Waals surface area (Å²) in [6, 6.07) is 5.56. The minimum absolute atomic E-state index is 0.190. The van der Waals surface area contributed by atoms with Crippen molar-refractivity contribution in [3.63, 3.8) is 0 Å². The summed E-state index contributed by atoms with van der Waals surface area (Å²) in [4.78, 5) is 14.4. The molecule has 22 heavy (non-hydrogen) atoms. The van der Waals surface area contributed by atoms with Crippen molar-refractivity contribution in [2.75, 3.05) is 14.2 Å². The number of halogens is 1. The van der Waals surface area contributed by atoms with Crippen LogP contribution in [0.2, 0.25) is 0 Å². The summed E-state index contributed by atoms with van der Waals surface area (Å²) in [5.41, 5.74) is 2.78. The smallest absolute Gasteiger partial charge is 0.173 e. The number of hydrogen-bond donors (Lipinski definition) is 1. The number of hydrogen-bond acceptors (Lipinski definition) is 3. The second kappa shape index (κ2) is 6.01. The van der Waals surface area contributed by atoms with E-state index in [1.807, 2.05) is 30.1 Å². The first-order chi connectivity index (χ1) is 10.5. The van der Waals surface area contributed by atoms with Crippen molar-refractivity contribution in [2.24, 2.45) is 0 Å². The third kappa shape index (κ3) is 2.54. The molecule has 3 rings (SSSR count). The third-order valence-electron chi connectivity index (χ3n) is 4.20. The number of carbonyl (C=O) groups is 1. The van der Waals surface area contributed by atoms with Gasteiger partial charge in [-0.05, 0) is 43.3 Å². The lowest BCUT2D eigenvalue weighted by atomic mass is 9.84. The number of benzene rings is 1. The van der Waals surface area contributed by atoms with Gasteiger partial charge in [0.05, 0.1) is 13.2 Å².